The Kier molecular flexibility index (Phi) is 3.52. The van der Waals surface area contributed by atoms with Gasteiger partial charge in [0.1, 0.15) is 0 Å². The van der Waals surface area contributed by atoms with Crippen LogP contribution in [0.15, 0.2) is 59.5 Å². The van der Waals surface area contributed by atoms with Gasteiger partial charge in [-0.25, -0.2) is 8.42 Å². The number of hydrogen-bond acceptors (Lipinski definition) is 3. The molecule has 0 saturated heterocycles. The van der Waals surface area contributed by atoms with Gasteiger partial charge in [0.25, 0.3) is 10.0 Å². The second-order valence-corrected chi connectivity index (χ2v) is 5.54. The van der Waals surface area contributed by atoms with E-state index in [1.807, 2.05) is 0 Å². The Morgan fingerprint density at radius 2 is 1.53 bits per heavy atom. The number of nitrogens with two attached hydrogens (primary N) is 1. The van der Waals surface area contributed by atoms with Gasteiger partial charge in [0.2, 0.25) is 5.91 Å². The summed E-state index contributed by atoms with van der Waals surface area (Å²) < 4.78 is 26.5. The van der Waals surface area contributed by atoms with Crippen molar-refractivity contribution in [2.75, 3.05) is 4.72 Å². The quantitative estimate of drug-likeness (QED) is 0.888. The molecule has 0 aliphatic heterocycles. The van der Waals surface area contributed by atoms with E-state index < -0.39 is 15.9 Å². The predicted molar refractivity (Wildman–Crippen MR) is 72.2 cm³/mol. The summed E-state index contributed by atoms with van der Waals surface area (Å²) in [5.74, 6) is -0.558. The summed E-state index contributed by atoms with van der Waals surface area (Å²) in [6, 6.07) is 13.9. The van der Waals surface area contributed by atoms with Crippen LogP contribution in [0.4, 0.5) is 5.69 Å². The summed E-state index contributed by atoms with van der Waals surface area (Å²) in [6.45, 7) is 0. The van der Waals surface area contributed by atoms with Crippen molar-refractivity contribution in [3.05, 3.63) is 60.2 Å². The lowest BCUT2D eigenvalue weighted by Crippen LogP contribution is -2.14. The zero-order chi connectivity index (χ0) is 13.9. The highest BCUT2D eigenvalue weighted by molar-refractivity contribution is 7.92. The topological polar surface area (TPSA) is 89.3 Å². The second-order valence-electron chi connectivity index (χ2n) is 3.86. The average Bonchev–Trinajstić information content (AvgIpc) is 2.40. The van der Waals surface area contributed by atoms with Gasteiger partial charge in [-0.1, -0.05) is 18.2 Å². The number of sulfonamides is 1. The molecule has 2 rings (SSSR count). The van der Waals surface area contributed by atoms with E-state index in [2.05, 4.69) is 4.72 Å². The Hall–Kier alpha value is -2.34. The first-order chi connectivity index (χ1) is 8.99. The Morgan fingerprint density at radius 1 is 0.947 bits per heavy atom. The molecule has 3 N–H and O–H groups in total. The number of nitrogens with one attached hydrogen (secondary N) is 1. The lowest BCUT2D eigenvalue weighted by molar-refractivity contribution is 0.100. The van der Waals surface area contributed by atoms with Crippen molar-refractivity contribution < 1.29 is 13.2 Å². The van der Waals surface area contributed by atoms with E-state index in [0.717, 1.165) is 0 Å². The van der Waals surface area contributed by atoms with Crippen LogP contribution in [0.2, 0.25) is 0 Å². The van der Waals surface area contributed by atoms with Gasteiger partial charge in [-0.15, -0.1) is 0 Å². The van der Waals surface area contributed by atoms with Crippen molar-refractivity contribution in [1.29, 1.82) is 0 Å². The number of carbonyl (C=O) groups is 1. The Labute approximate surface area is 111 Å². The van der Waals surface area contributed by atoms with E-state index in [1.54, 1.807) is 18.2 Å². The first kappa shape index (κ1) is 13.1. The minimum Gasteiger partial charge on any atom is -0.366 e. The van der Waals surface area contributed by atoms with E-state index in [-0.39, 0.29) is 4.90 Å². The highest BCUT2D eigenvalue weighted by Crippen LogP contribution is 2.16. The zero-order valence-corrected chi connectivity index (χ0v) is 10.7. The fourth-order valence-electron chi connectivity index (χ4n) is 1.52. The fraction of sp³-hybridized carbons (Fsp3) is 0. The van der Waals surface area contributed by atoms with Crippen LogP contribution in [0.25, 0.3) is 0 Å². The van der Waals surface area contributed by atoms with Crippen molar-refractivity contribution in [3.8, 4) is 0 Å². The lowest BCUT2D eigenvalue weighted by Gasteiger charge is -2.08. The van der Waals surface area contributed by atoms with Crippen LogP contribution in [-0.4, -0.2) is 14.3 Å². The number of carbonyl (C=O) groups excluding carboxylic acids is 1. The van der Waals surface area contributed by atoms with Gasteiger partial charge < -0.3 is 5.73 Å². The molecule has 0 aliphatic carbocycles. The Balaban J connectivity index is 2.24. The molecule has 98 valence electrons. The molecule has 0 bridgehead atoms. The van der Waals surface area contributed by atoms with Crippen molar-refractivity contribution in [1.82, 2.24) is 0 Å². The fourth-order valence-corrected chi connectivity index (χ4v) is 2.60. The lowest BCUT2D eigenvalue weighted by atomic mass is 10.2. The maximum atomic E-state index is 12.0. The van der Waals surface area contributed by atoms with E-state index in [0.29, 0.717) is 11.3 Å². The molecule has 5 nitrogen and oxygen atoms in total. The van der Waals surface area contributed by atoms with E-state index in [4.69, 9.17) is 5.73 Å². The number of hydrogen-bond donors (Lipinski definition) is 2. The van der Waals surface area contributed by atoms with Crippen molar-refractivity contribution in [3.63, 3.8) is 0 Å². The minimum absolute atomic E-state index is 0.175. The van der Waals surface area contributed by atoms with Crippen molar-refractivity contribution >= 4 is 21.6 Å². The van der Waals surface area contributed by atoms with Crippen molar-refractivity contribution in [2.45, 2.75) is 4.90 Å². The number of anilines is 1. The first-order valence-corrected chi connectivity index (χ1v) is 6.95. The van der Waals surface area contributed by atoms with E-state index in [1.165, 1.54) is 36.4 Å². The molecule has 0 spiro atoms. The highest BCUT2D eigenvalue weighted by atomic mass is 32.2. The van der Waals surface area contributed by atoms with Crippen LogP contribution < -0.4 is 10.5 Å². The van der Waals surface area contributed by atoms with Crippen LogP contribution in [-0.2, 0) is 10.0 Å². The van der Waals surface area contributed by atoms with Crippen LogP contribution in [0.3, 0.4) is 0 Å². The molecular weight excluding hydrogens is 264 g/mol. The van der Waals surface area contributed by atoms with Gasteiger partial charge in [0.05, 0.1) is 4.90 Å². The third-order valence-corrected chi connectivity index (χ3v) is 3.87. The zero-order valence-electron chi connectivity index (χ0n) is 9.91. The molecule has 2 aromatic rings. The van der Waals surface area contributed by atoms with Gasteiger partial charge in [0, 0.05) is 11.3 Å². The molecule has 0 aliphatic rings. The number of primary amides is 1. The van der Waals surface area contributed by atoms with E-state index in [9.17, 15) is 13.2 Å². The molecule has 0 radical (unpaired) electrons. The number of benzene rings is 2. The molecule has 0 atom stereocenters. The summed E-state index contributed by atoms with van der Waals surface area (Å²) >= 11 is 0. The van der Waals surface area contributed by atoms with Crippen LogP contribution in [0.5, 0.6) is 0 Å². The van der Waals surface area contributed by atoms with E-state index >= 15 is 0 Å². The van der Waals surface area contributed by atoms with Gasteiger partial charge in [0.15, 0.2) is 0 Å². The third kappa shape index (κ3) is 3.11. The van der Waals surface area contributed by atoms with Gasteiger partial charge in [-0.2, -0.15) is 0 Å². The average molecular weight is 276 g/mol. The number of amides is 1. The molecule has 1 amide bonds. The standard InChI is InChI=1S/C13H12N2O3S/c14-13(16)10-6-8-11(9-7-10)15-19(17,18)12-4-2-1-3-5-12/h1-9,15H,(H2,14,16). The summed E-state index contributed by atoms with van der Waals surface area (Å²) in [5.41, 5.74) is 5.80. The summed E-state index contributed by atoms with van der Waals surface area (Å²) in [5, 5.41) is 0. The van der Waals surface area contributed by atoms with Gasteiger partial charge >= 0.3 is 0 Å². The molecule has 0 fully saturated rings. The summed E-state index contributed by atoms with van der Waals surface area (Å²) in [6.07, 6.45) is 0. The van der Waals surface area contributed by atoms with Crippen molar-refractivity contribution in [2.24, 2.45) is 5.73 Å². The normalized spacial score (nSPS) is 10.9. The molecule has 2 aromatic carbocycles. The monoisotopic (exact) mass is 276 g/mol. The van der Waals surface area contributed by atoms with Gasteiger partial charge in [-0.3, -0.25) is 9.52 Å². The highest BCUT2D eigenvalue weighted by Gasteiger charge is 2.13. The largest absolute Gasteiger partial charge is 0.366 e. The minimum atomic E-state index is -3.61. The van der Waals surface area contributed by atoms with Gasteiger partial charge in [-0.05, 0) is 36.4 Å². The Bertz CT molecular complexity index is 680. The second kappa shape index (κ2) is 5.11. The van der Waals surface area contributed by atoms with Crippen LogP contribution in [0.1, 0.15) is 10.4 Å². The predicted octanol–water partition coefficient (Wildman–Crippen LogP) is 1.59. The maximum absolute atomic E-state index is 12.0. The molecule has 0 saturated carbocycles. The first-order valence-electron chi connectivity index (χ1n) is 5.47. The molecule has 0 unspecified atom stereocenters. The molecule has 0 heterocycles. The third-order valence-electron chi connectivity index (χ3n) is 2.48. The van der Waals surface area contributed by atoms with Crippen LogP contribution in [0, 0.1) is 0 Å². The maximum Gasteiger partial charge on any atom is 0.261 e. The van der Waals surface area contributed by atoms with Crippen LogP contribution >= 0.6 is 0 Å². The SMILES string of the molecule is NC(=O)c1ccc(NS(=O)(=O)c2ccccc2)cc1. The summed E-state index contributed by atoms with van der Waals surface area (Å²) in [7, 11) is -3.61. The molecule has 0 aromatic heterocycles. The summed E-state index contributed by atoms with van der Waals surface area (Å²) in [4.78, 5) is 11.1. The molecular formula is C13H12N2O3S. The molecule has 6 heteroatoms. The smallest absolute Gasteiger partial charge is 0.261 e. The Morgan fingerprint density at radius 3 is 2.05 bits per heavy atom. The number of rotatable bonds is 4. The molecule has 19 heavy (non-hydrogen) atoms.